The largest absolute Gasteiger partial charge is 0.462 e. The second-order valence-corrected chi connectivity index (χ2v) is 4.67. The van der Waals surface area contributed by atoms with Gasteiger partial charge in [-0.2, -0.15) is 0 Å². The smallest absolute Gasteiger partial charge is 0.244 e. The highest BCUT2D eigenvalue weighted by molar-refractivity contribution is 5.91. The minimum absolute atomic E-state index is 0.259. The molecule has 1 amide bonds. The van der Waals surface area contributed by atoms with Crippen LogP contribution in [0.15, 0.2) is 22.6 Å². The average molecular weight is 237 g/mol. The van der Waals surface area contributed by atoms with Gasteiger partial charge in [-0.25, -0.2) is 0 Å². The molecule has 4 heteroatoms. The Labute approximate surface area is 101 Å². The first kappa shape index (κ1) is 13.5. The SMILES string of the molecule is Cc1ccc(/C=C/C(=O)NC(C)(C)C(C)O)o1. The summed E-state index contributed by atoms with van der Waals surface area (Å²) in [6.45, 7) is 7.01. The number of aliphatic hydroxyl groups excluding tert-OH is 1. The first-order valence-electron chi connectivity index (χ1n) is 5.56. The fourth-order valence-corrected chi connectivity index (χ4v) is 1.16. The van der Waals surface area contributed by atoms with Crippen molar-refractivity contribution in [3.05, 3.63) is 29.7 Å². The molecule has 1 atom stereocenters. The van der Waals surface area contributed by atoms with Gasteiger partial charge in [0, 0.05) is 6.08 Å². The maximum Gasteiger partial charge on any atom is 0.244 e. The van der Waals surface area contributed by atoms with E-state index in [9.17, 15) is 9.90 Å². The van der Waals surface area contributed by atoms with E-state index in [1.807, 2.05) is 13.0 Å². The van der Waals surface area contributed by atoms with Crippen LogP contribution in [0.1, 0.15) is 32.3 Å². The number of furan rings is 1. The summed E-state index contributed by atoms with van der Waals surface area (Å²) in [5, 5.41) is 12.2. The Morgan fingerprint density at radius 1 is 1.53 bits per heavy atom. The normalized spacial score (nSPS) is 13.9. The molecule has 0 saturated carbocycles. The molecule has 0 aliphatic heterocycles. The van der Waals surface area contributed by atoms with Crippen molar-refractivity contribution in [2.45, 2.75) is 39.3 Å². The van der Waals surface area contributed by atoms with E-state index >= 15 is 0 Å². The third-order valence-corrected chi connectivity index (χ3v) is 2.65. The standard InChI is InChI=1S/C13H19NO3/c1-9-5-6-11(17-9)7-8-12(16)14-13(3,4)10(2)15/h5-8,10,15H,1-4H3,(H,14,16)/b8-7+. The Bertz CT molecular complexity index is 416. The number of aryl methyl sites for hydroxylation is 1. The van der Waals surface area contributed by atoms with E-state index in [4.69, 9.17) is 4.42 Å². The highest BCUT2D eigenvalue weighted by Crippen LogP contribution is 2.10. The molecule has 0 aliphatic rings. The van der Waals surface area contributed by atoms with Crippen LogP contribution in [0.25, 0.3) is 6.08 Å². The number of hydrogen-bond acceptors (Lipinski definition) is 3. The van der Waals surface area contributed by atoms with Gasteiger partial charge in [0.25, 0.3) is 0 Å². The van der Waals surface area contributed by atoms with Crippen LogP contribution in [0, 0.1) is 6.92 Å². The molecule has 1 rings (SSSR count). The van der Waals surface area contributed by atoms with Gasteiger partial charge in [0.15, 0.2) is 0 Å². The number of hydrogen-bond donors (Lipinski definition) is 2. The summed E-state index contributed by atoms with van der Waals surface area (Å²) < 4.78 is 5.30. The highest BCUT2D eigenvalue weighted by atomic mass is 16.3. The third kappa shape index (κ3) is 4.07. The third-order valence-electron chi connectivity index (χ3n) is 2.65. The summed E-state index contributed by atoms with van der Waals surface area (Å²) in [4.78, 5) is 11.6. The number of aliphatic hydroxyl groups is 1. The Balaban J connectivity index is 2.58. The molecule has 1 unspecified atom stereocenters. The van der Waals surface area contributed by atoms with Gasteiger partial charge >= 0.3 is 0 Å². The van der Waals surface area contributed by atoms with Gasteiger partial charge in [-0.3, -0.25) is 4.79 Å². The quantitative estimate of drug-likeness (QED) is 0.786. The molecular weight excluding hydrogens is 218 g/mol. The fourth-order valence-electron chi connectivity index (χ4n) is 1.16. The van der Waals surface area contributed by atoms with E-state index in [0.717, 1.165) is 5.76 Å². The summed E-state index contributed by atoms with van der Waals surface area (Å²) in [7, 11) is 0. The number of carbonyl (C=O) groups is 1. The van der Waals surface area contributed by atoms with Gasteiger partial charge < -0.3 is 14.8 Å². The zero-order chi connectivity index (χ0) is 13.1. The lowest BCUT2D eigenvalue weighted by atomic mass is 9.99. The Hall–Kier alpha value is -1.55. The van der Waals surface area contributed by atoms with Crippen molar-refractivity contribution in [2.75, 3.05) is 0 Å². The molecule has 0 fully saturated rings. The summed E-state index contributed by atoms with van der Waals surface area (Å²) >= 11 is 0. The first-order chi connectivity index (χ1) is 7.81. The second kappa shape index (κ2) is 5.19. The van der Waals surface area contributed by atoms with E-state index in [1.165, 1.54) is 6.08 Å². The molecule has 17 heavy (non-hydrogen) atoms. The van der Waals surface area contributed by atoms with E-state index in [-0.39, 0.29) is 5.91 Å². The van der Waals surface area contributed by atoms with Gasteiger partial charge in [-0.1, -0.05) is 0 Å². The van der Waals surface area contributed by atoms with Gasteiger partial charge in [0.2, 0.25) is 5.91 Å². The van der Waals surface area contributed by atoms with Gasteiger partial charge in [0.05, 0.1) is 11.6 Å². The van der Waals surface area contributed by atoms with E-state index in [1.54, 1.807) is 32.9 Å². The Morgan fingerprint density at radius 3 is 2.65 bits per heavy atom. The molecular formula is C13H19NO3. The van der Waals surface area contributed by atoms with Crippen molar-refractivity contribution in [1.82, 2.24) is 5.32 Å². The lowest BCUT2D eigenvalue weighted by Gasteiger charge is -2.28. The van der Waals surface area contributed by atoms with Crippen LogP contribution in [0.4, 0.5) is 0 Å². The summed E-state index contributed by atoms with van der Waals surface area (Å²) in [5.41, 5.74) is -0.652. The summed E-state index contributed by atoms with van der Waals surface area (Å²) in [6.07, 6.45) is 2.37. The van der Waals surface area contributed by atoms with Crippen LogP contribution in [0.5, 0.6) is 0 Å². The molecule has 0 spiro atoms. The van der Waals surface area contributed by atoms with Crippen molar-refractivity contribution in [3.8, 4) is 0 Å². The van der Waals surface area contributed by atoms with E-state index in [0.29, 0.717) is 5.76 Å². The van der Waals surface area contributed by atoms with Gasteiger partial charge in [0.1, 0.15) is 11.5 Å². The lowest BCUT2D eigenvalue weighted by Crippen LogP contribution is -2.50. The maximum atomic E-state index is 11.6. The Kier molecular flexibility index (Phi) is 4.12. The minimum atomic E-state index is -0.652. The molecule has 0 saturated heterocycles. The maximum absolute atomic E-state index is 11.6. The van der Waals surface area contributed by atoms with E-state index < -0.39 is 11.6 Å². The number of carbonyl (C=O) groups excluding carboxylic acids is 1. The van der Waals surface area contributed by atoms with Crippen molar-refractivity contribution in [1.29, 1.82) is 0 Å². The molecule has 4 nitrogen and oxygen atoms in total. The van der Waals surface area contributed by atoms with Crippen LogP contribution >= 0.6 is 0 Å². The number of nitrogens with one attached hydrogen (secondary N) is 1. The topological polar surface area (TPSA) is 62.5 Å². The van der Waals surface area contributed by atoms with Crippen molar-refractivity contribution < 1.29 is 14.3 Å². The van der Waals surface area contributed by atoms with Crippen LogP contribution in [-0.4, -0.2) is 22.7 Å². The lowest BCUT2D eigenvalue weighted by molar-refractivity contribution is -0.119. The zero-order valence-corrected chi connectivity index (χ0v) is 10.7. The number of amides is 1. The summed E-state index contributed by atoms with van der Waals surface area (Å²) in [5.74, 6) is 1.17. The molecule has 0 aliphatic carbocycles. The van der Waals surface area contributed by atoms with Crippen molar-refractivity contribution >= 4 is 12.0 Å². The van der Waals surface area contributed by atoms with Crippen LogP contribution in [0.2, 0.25) is 0 Å². The molecule has 2 N–H and O–H groups in total. The predicted octanol–water partition coefficient (Wildman–Crippen LogP) is 1.88. The fraction of sp³-hybridized carbons (Fsp3) is 0.462. The van der Waals surface area contributed by atoms with Gasteiger partial charge in [-0.15, -0.1) is 0 Å². The predicted molar refractivity (Wildman–Crippen MR) is 66.4 cm³/mol. The molecule has 0 aromatic carbocycles. The molecule has 94 valence electrons. The highest BCUT2D eigenvalue weighted by Gasteiger charge is 2.24. The minimum Gasteiger partial charge on any atom is -0.462 e. The van der Waals surface area contributed by atoms with Crippen molar-refractivity contribution in [2.24, 2.45) is 0 Å². The Morgan fingerprint density at radius 2 is 2.18 bits per heavy atom. The first-order valence-corrected chi connectivity index (χ1v) is 5.56. The average Bonchev–Trinajstić information content (AvgIpc) is 2.60. The van der Waals surface area contributed by atoms with Crippen LogP contribution in [0.3, 0.4) is 0 Å². The molecule has 0 bridgehead atoms. The molecule has 1 aromatic heterocycles. The monoisotopic (exact) mass is 237 g/mol. The zero-order valence-electron chi connectivity index (χ0n) is 10.7. The van der Waals surface area contributed by atoms with Crippen LogP contribution in [-0.2, 0) is 4.79 Å². The van der Waals surface area contributed by atoms with Gasteiger partial charge in [-0.05, 0) is 45.9 Å². The molecule has 0 radical (unpaired) electrons. The van der Waals surface area contributed by atoms with Crippen molar-refractivity contribution in [3.63, 3.8) is 0 Å². The van der Waals surface area contributed by atoms with Crippen LogP contribution < -0.4 is 5.32 Å². The molecule has 1 aromatic rings. The summed E-state index contributed by atoms with van der Waals surface area (Å²) in [6, 6.07) is 3.62. The second-order valence-electron chi connectivity index (χ2n) is 4.67. The van der Waals surface area contributed by atoms with E-state index in [2.05, 4.69) is 5.32 Å². The molecule has 1 heterocycles. The number of rotatable bonds is 4.